The second kappa shape index (κ2) is 13.2. The van der Waals surface area contributed by atoms with Crippen molar-refractivity contribution in [3.8, 4) is 0 Å². The van der Waals surface area contributed by atoms with Crippen LogP contribution in [0.1, 0.15) is 73.6 Å². The fourth-order valence-corrected chi connectivity index (χ4v) is 3.12. The maximum Gasteiger partial charge on any atom is 0.519 e. The van der Waals surface area contributed by atoms with Crippen LogP contribution in [0.15, 0.2) is 55.0 Å². The largest absolute Gasteiger partial charge is 0.519 e. The molecule has 0 bridgehead atoms. The third kappa shape index (κ3) is 11.7. The quantitative estimate of drug-likeness (QED) is 0.160. The fraction of sp³-hybridized carbons (Fsp3) is 0.433. The van der Waals surface area contributed by atoms with Gasteiger partial charge in [-0.1, -0.05) is 12.1 Å². The molecule has 0 fully saturated rings. The Hall–Kier alpha value is -4.21. The van der Waals surface area contributed by atoms with Crippen molar-refractivity contribution in [2.45, 2.75) is 85.5 Å². The Labute approximate surface area is 235 Å². The highest BCUT2D eigenvalue weighted by atomic mass is 16.8. The van der Waals surface area contributed by atoms with E-state index in [4.69, 9.17) is 14.2 Å². The predicted octanol–water partition coefficient (Wildman–Crippen LogP) is 7.34. The summed E-state index contributed by atoms with van der Waals surface area (Å²) < 4.78 is 20.6. The zero-order chi connectivity index (χ0) is 30.1. The Bertz CT molecular complexity index is 1310. The molecule has 0 N–H and O–H groups in total. The molecule has 3 aromatic rings. The molecule has 3 heterocycles. The van der Waals surface area contributed by atoms with Crippen LogP contribution in [0.4, 0.5) is 14.4 Å². The minimum absolute atomic E-state index is 0.379. The van der Waals surface area contributed by atoms with Crippen molar-refractivity contribution in [1.82, 2.24) is 14.5 Å². The Morgan fingerprint density at radius 3 is 1.85 bits per heavy atom. The first kappa shape index (κ1) is 32.0. The Morgan fingerprint density at radius 1 is 0.750 bits per heavy atom. The van der Waals surface area contributed by atoms with Crippen LogP contribution in [-0.4, -0.2) is 49.7 Å². The van der Waals surface area contributed by atoms with Crippen molar-refractivity contribution in [3.63, 3.8) is 0 Å². The van der Waals surface area contributed by atoms with Crippen LogP contribution < -0.4 is 0 Å². The summed E-state index contributed by atoms with van der Waals surface area (Å²) in [5, 5.41) is 0. The van der Waals surface area contributed by atoms with Crippen molar-refractivity contribution in [3.05, 3.63) is 66.3 Å². The van der Waals surface area contributed by atoms with Gasteiger partial charge in [-0.15, -0.1) is 0 Å². The first-order valence-corrected chi connectivity index (χ1v) is 12.8. The number of aromatic nitrogens is 3. The number of hydrogen-bond donors (Lipinski definition) is 0. The average Bonchev–Trinajstić information content (AvgIpc) is 3.43. The van der Waals surface area contributed by atoms with E-state index < -0.39 is 29.1 Å². The number of rotatable bonds is 0. The lowest BCUT2D eigenvalue weighted by Gasteiger charge is -2.20. The lowest BCUT2D eigenvalue weighted by molar-refractivity contribution is -0.0294. The summed E-state index contributed by atoms with van der Waals surface area (Å²) in [6.07, 6.45) is 7.96. The van der Waals surface area contributed by atoms with Gasteiger partial charge in [0.2, 0.25) is 0 Å². The number of allylic oxidation sites excluding steroid dienone is 1. The molecule has 3 aromatic heterocycles. The highest BCUT2D eigenvalue weighted by Crippen LogP contribution is 2.16. The van der Waals surface area contributed by atoms with Crippen molar-refractivity contribution >= 4 is 35.5 Å². The third-order valence-electron chi connectivity index (χ3n) is 4.53. The number of carbonyl (C=O) groups is 3. The lowest BCUT2D eigenvalue weighted by atomic mass is 10.2. The van der Waals surface area contributed by atoms with Crippen LogP contribution in [0, 0.1) is 0 Å². The molecular weight excluding hydrogens is 514 g/mol. The third-order valence-corrected chi connectivity index (χ3v) is 4.53. The van der Waals surface area contributed by atoms with E-state index in [0.29, 0.717) is 0 Å². The predicted molar refractivity (Wildman–Crippen MR) is 152 cm³/mol. The van der Waals surface area contributed by atoms with E-state index in [1.54, 1.807) is 66.1 Å². The topological polar surface area (TPSA) is 119 Å². The van der Waals surface area contributed by atoms with Gasteiger partial charge >= 0.3 is 18.4 Å². The van der Waals surface area contributed by atoms with Gasteiger partial charge in [-0.05, 0) is 105 Å². The SMILES string of the molecule is C1=Cc2ncccc2C1.CC(C)(C)OC(=O)OC(=O)OC(C)(C)C.CC(C)(C)OC(=O)n1ccc2ncccc21. The maximum absolute atomic E-state index is 11.8. The molecule has 0 atom stereocenters. The fourth-order valence-electron chi connectivity index (χ4n) is 3.12. The number of pyridine rings is 2. The molecule has 0 aromatic carbocycles. The smallest absolute Gasteiger partial charge is 0.443 e. The first-order valence-electron chi connectivity index (χ1n) is 12.8. The van der Waals surface area contributed by atoms with E-state index in [1.807, 2.05) is 39.1 Å². The summed E-state index contributed by atoms with van der Waals surface area (Å²) in [5.74, 6) is 0. The molecule has 1 aliphatic rings. The molecule has 10 heteroatoms. The Morgan fingerprint density at radius 2 is 1.30 bits per heavy atom. The van der Waals surface area contributed by atoms with Gasteiger partial charge in [0.05, 0.1) is 16.7 Å². The van der Waals surface area contributed by atoms with Crippen molar-refractivity contribution in [1.29, 1.82) is 0 Å². The van der Waals surface area contributed by atoms with Gasteiger partial charge in [0.1, 0.15) is 16.8 Å². The van der Waals surface area contributed by atoms with Gasteiger partial charge in [-0.25, -0.2) is 14.4 Å². The highest BCUT2D eigenvalue weighted by Gasteiger charge is 2.24. The summed E-state index contributed by atoms with van der Waals surface area (Å²) >= 11 is 0. The van der Waals surface area contributed by atoms with Gasteiger partial charge < -0.3 is 18.9 Å². The van der Waals surface area contributed by atoms with Gasteiger partial charge in [-0.3, -0.25) is 14.5 Å². The normalized spacial score (nSPS) is 12.2. The first-order chi connectivity index (χ1) is 18.4. The molecule has 0 aliphatic heterocycles. The zero-order valence-corrected chi connectivity index (χ0v) is 24.7. The Kier molecular flexibility index (Phi) is 10.6. The van der Waals surface area contributed by atoms with Crippen LogP contribution >= 0.6 is 0 Å². The van der Waals surface area contributed by atoms with Crippen molar-refractivity contribution in [2.75, 3.05) is 0 Å². The van der Waals surface area contributed by atoms with E-state index in [1.165, 1.54) is 10.1 Å². The monoisotopic (exact) mass is 553 g/mol. The molecule has 4 rings (SSSR count). The molecular formula is C30H39N3O7. The molecule has 0 saturated carbocycles. The van der Waals surface area contributed by atoms with E-state index in [0.717, 1.165) is 23.1 Å². The highest BCUT2D eigenvalue weighted by molar-refractivity contribution is 5.87. The second-order valence-electron chi connectivity index (χ2n) is 11.8. The summed E-state index contributed by atoms with van der Waals surface area (Å²) in [6.45, 7) is 15.5. The minimum atomic E-state index is -1.06. The molecule has 216 valence electrons. The number of carbonyl (C=O) groups excluding carboxylic acids is 3. The summed E-state index contributed by atoms with van der Waals surface area (Å²) in [4.78, 5) is 42.2. The van der Waals surface area contributed by atoms with Crippen LogP contribution in [0.2, 0.25) is 0 Å². The van der Waals surface area contributed by atoms with Gasteiger partial charge in [-0.2, -0.15) is 0 Å². The summed E-state index contributed by atoms with van der Waals surface area (Å²) in [7, 11) is 0. The molecule has 0 saturated heterocycles. The van der Waals surface area contributed by atoms with E-state index in [9.17, 15) is 14.4 Å². The average molecular weight is 554 g/mol. The van der Waals surface area contributed by atoms with Crippen LogP contribution in [-0.2, 0) is 25.4 Å². The van der Waals surface area contributed by atoms with E-state index in [-0.39, 0.29) is 6.09 Å². The van der Waals surface area contributed by atoms with Gasteiger partial charge in [0, 0.05) is 18.6 Å². The minimum Gasteiger partial charge on any atom is -0.443 e. The van der Waals surface area contributed by atoms with E-state index in [2.05, 4.69) is 32.9 Å². The number of nitrogens with zero attached hydrogens (tertiary/aromatic N) is 3. The molecule has 40 heavy (non-hydrogen) atoms. The lowest BCUT2D eigenvalue weighted by Crippen LogP contribution is -2.29. The molecule has 10 nitrogen and oxygen atoms in total. The molecule has 0 spiro atoms. The van der Waals surface area contributed by atoms with Crippen LogP contribution in [0.3, 0.4) is 0 Å². The van der Waals surface area contributed by atoms with Gasteiger partial charge in [0.25, 0.3) is 0 Å². The zero-order valence-electron chi connectivity index (χ0n) is 24.7. The number of ether oxygens (including phenoxy) is 4. The van der Waals surface area contributed by atoms with Crippen LogP contribution in [0.5, 0.6) is 0 Å². The summed E-state index contributed by atoms with van der Waals surface area (Å²) in [6, 6.07) is 9.52. The standard InChI is InChI=1S/C12H14N2O2.C10H18O5.C8H7N/c1-12(2,3)16-11(15)14-8-6-9-10(14)5-4-7-13-9;1-9(2,3)14-7(11)13-8(12)15-10(4,5)6;1-3-7-4-2-6-9-8(7)5-1/h4-8H,1-3H3;1-6H3;1-2,4-6H,3H2. The molecule has 0 radical (unpaired) electrons. The second-order valence-corrected chi connectivity index (χ2v) is 11.8. The molecule has 1 aliphatic carbocycles. The van der Waals surface area contributed by atoms with E-state index >= 15 is 0 Å². The number of hydrogen-bond acceptors (Lipinski definition) is 9. The maximum atomic E-state index is 11.8. The summed E-state index contributed by atoms with van der Waals surface area (Å²) in [5.41, 5.74) is 2.15. The van der Waals surface area contributed by atoms with Crippen molar-refractivity contribution < 1.29 is 33.3 Å². The van der Waals surface area contributed by atoms with Crippen molar-refractivity contribution in [2.24, 2.45) is 0 Å². The number of fused-ring (bicyclic) bond motifs is 2. The molecule has 0 unspecified atom stereocenters. The molecule has 0 amide bonds. The van der Waals surface area contributed by atoms with Crippen LogP contribution in [0.25, 0.3) is 17.1 Å². The van der Waals surface area contributed by atoms with Gasteiger partial charge in [0.15, 0.2) is 0 Å². The Balaban J connectivity index is 0.000000217.